The summed E-state index contributed by atoms with van der Waals surface area (Å²) in [5.74, 6) is 1.33. The Labute approximate surface area is 174 Å². The molecule has 1 aromatic heterocycles. The maximum absolute atomic E-state index is 13.3. The van der Waals surface area contributed by atoms with E-state index >= 15 is 0 Å². The van der Waals surface area contributed by atoms with E-state index in [-0.39, 0.29) is 0 Å². The molecule has 0 aliphatic carbocycles. The second-order valence-electron chi connectivity index (χ2n) is 7.49. The Kier molecular flexibility index (Phi) is 5.04. The molecule has 2 heterocycles. The minimum atomic E-state index is -4.37. The maximum Gasteiger partial charge on any atom is 0.416 e. The van der Waals surface area contributed by atoms with E-state index in [0.717, 1.165) is 52.7 Å². The fourth-order valence-corrected chi connectivity index (χ4v) is 4.55. The van der Waals surface area contributed by atoms with Crippen LogP contribution in [0.25, 0.3) is 22.4 Å². The van der Waals surface area contributed by atoms with E-state index < -0.39 is 11.7 Å². The van der Waals surface area contributed by atoms with Gasteiger partial charge in [0.2, 0.25) is 0 Å². The molecule has 0 fully saturated rings. The van der Waals surface area contributed by atoms with Gasteiger partial charge < -0.3 is 14.0 Å². The molecular formula is C24H24F3NO2. The van der Waals surface area contributed by atoms with Gasteiger partial charge in [-0.15, -0.1) is 0 Å². The summed E-state index contributed by atoms with van der Waals surface area (Å²) >= 11 is 0. The molecule has 3 nitrogen and oxygen atoms in total. The van der Waals surface area contributed by atoms with Crippen molar-refractivity contribution >= 4 is 0 Å². The lowest BCUT2D eigenvalue weighted by Gasteiger charge is -2.23. The molecule has 3 aromatic rings. The van der Waals surface area contributed by atoms with Gasteiger partial charge in [0.05, 0.1) is 25.5 Å². The van der Waals surface area contributed by atoms with Gasteiger partial charge >= 0.3 is 6.18 Å². The van der Waals surface area contributed by atoms with Gasteiger partial charge in [-0.1, -0.05) is 19.1 Å². The van der Waals surface area contributed by atoms with Crippen LogP contribution in [0.15, 0.2) is 36.4 Å². The number of rotatable bonds is 4. The van der Waals surface area contributed by atoms with Crippen molar-refractivity contribution in [3.63, 3.8) is 0 Å². The van der Waals surface area contributed by atoms with Crippen molar-refractivity contribution in [2.75, 3.05) is 14.2 Å². The van der Waals surface area contributed by atoms with Crippen molar-refractivity contribution in [2.45, 2.75) is 39.4 Å². The number of ether oxygens (including phenoxy) is 2. The van der Waals surface area contributed by atoms with Crippen LogP contribution in [-0.4, -0.2) is 18.8 Å². The van der Waals surface area contributed by atoms with Crippen LogP contribution in [0.2, 0.25) is 0 Å². The lowest BCUT2D eigenvalue weighted by atomic mass is 9.92. The van der Waals surface area contributed by atoms with E-state index in [1.807, 2.05) is 26.0 Å². The minimum absolute atomic E-state index is 0.600. The second kappa shape index (κ2) is 7.42. The first-order chi connectivity index (χ1) is 14.3. The quantitative estimate of drug-likeness (QED) is 0.500. The van der Waals surface area contributed by atoms with Crippen LogP contribution in [0.1, 0.15) is 29.3 Å². The number of alkyl halides is 3. The Bertz CT molecular complexity index is 1110. The molecule has 0 bridgehead atoms. The first kappa shape index (κ1) is 20.4. The SMILES string of the molecule is CCc1c(-c2cccc(C(F)(F)F)c2)c(C)n2c1-c1cc(OC)c(OC)cc1CC2. The molecular weight excluding hydrogens is 391 g/mol. The summed E-state index contributed by atoms with van der Waals surface area (Å²) < 4.78 is 53.1. The number of halogens is 3. The van der Waals surface area contributed by atoms with Crippen molar-refractivity contribution in [2.24, 2.45) is 0 Å². The monoisotopic (exact) mass is 415 g/mol. The molecule has 158 valence electrons. The highest BCUT2D eigenvalue weighted by Gasteiger charge is 2.32. The van der Waals surface area contributed by atoms with E-state index in [9.17, 15) is 13.2 Å². The third kappa shape index (κ3) is 3.15. The number of fused-ring (bicyclic) bond motifs is 3. The van der Waals surface area contributed by atoms with Crippen LogP contribution in [-0.2, 0) is 25.6 Å². The van der Waals surface area contributed by atoms with Crippen molar-refractivity contribution in [3.05, 3.63) is 58.8 Å². The lowest BCUT2D eigenvalue weighted by molar-refractivity contribution is -0.137. The normalized spacial score (nSPS) is 13.0. The molecule has 6 heteroatoms. The predicted molar refractivity (Wildman–Crippen MR) is 111 cm³/mol. The summed E-state index contributed by atoms with van der Waals surface area (Å²) in [6.45, 7) is 4.81. The number of aromatic nitrogens is 1. The fraction of sp³-hybridized carbons (Fsp3) is 0.333. The number of benzene rings is 2. The largest absolute Gasteiger partial charge is 0.493 e. The molecule has 0 radical (unpaired) electrons. The number of aryl methyl sites for hydroxylation is 1. The molecule has 1 aliphatic rings. The molecule has 0 unspecified atom stereocenters. The van der Waals surface area contributed by atoms with Gasteiger partial charge in [0.1, 0.15) is 0 Å². The van der Waals surface area contributed by atoms with Gasteiger partial charge in [-0.2, -0.15) is 13.2 Å². The first-order valence-electron chi connectivity index (χ1n) is 9.95. The average Bonchev–Trinajstić information content (AvgIpc) is 3.04. The molecule has 0 spiro atoms. The Morgan fingerprint density at radius 1 is 1.03 bits per heavy atom. The van der Waals surface area contributed by atoms with E-state index in [1.54, 1.807) is 20.3 Å². The van der Waals surface area contributed by atoms with E-state index in [1.165, 1.54) is 12.1 Å². The molecule has 2 aromatic carbocycles. The van der Waals surface area contributed by atoms with Crippen LogP contribution in [0.3, 0.4) is 0 Å². The average molecular weight is 415 g/mol. The summed E-state index contributed by atoms with van der Waals surface area (Å²) in [5.41, 5.74) is 6.17. The molecule has 30 heavy (non-hydrogen) atoms. The van der Waals surface area contributed by atoms with Crippen molar-refractivity contribution in [1.82, 2.24) is 4.57 Å². The van der Waals surface area contributed by atoms with Gasteiger partial charge in [-0.25, -0.2) is 0 Å². The molecule has 0 saturated carbocycles. The zero-order valence-electron chi connectivity index (χ0n) is 17.5. The van der Waals surface area contributed by atoms with Crippen LogP contribution >= 0.6 is 0 Å². The molecule has 1 aliphatic heterocycles. The summed E-state index contributed by atoms with van der Waals surface area (Å²) in [7, 11) is 3.22. The smallest absolute Gasteiger partial charge is 0.416 e. The zero-order chi connectivity index (χ0) is 21.6. The lowest BCUT2D eigenvalue weighted by Crippen LogP contribution is -2.13. The highest BCUT2D eigenvalue weighted by Crippen LogP contribution is 2.45. The Morgan fingerprint density at radius 2 is 1.73 bits per heavy atom. The van der Waals surface area contributed by atoms with Gasteiger partial charge in [0, 0.05) is 23.4 Å². The minimum Gasteiger partial charge on any atom is -0.493 e. The van der Waals surface area contributed by atoms with Crippen molar-refractivity contribution in [3.8, 4) is 33.9 Å². The molecule has 0 N–H and O–H groups in total. The van der Waals surface area contributed by atoms with E-state index in [2.05, 4.69) is 4.57 Å². The van der Waals surface area contributed by atoms with Crippen molar-refractivity contribution in [1.29, 1.82) is 0 Å². The summed E-state index contributed by atoms with van der Waals surface area (Å²) in [6, 6.07) is 9.60. The predicted octanol–water partition coefficient (Wildman–Crippen LogP) is 6.29. The Morgan fingerprint density at radius 3 is 2.37 bits per heavy atom. The second-order valence-corrected chi connectivity index (χ2v) is 7.49. The van der Waals surface area contributed by atoms with Crippen LogP contribution in [0.5, 0.6) is 11.5 Å². The van der Waals surface area contributed by atoms with Crippen molar-refractivity contribution < 1.29 is 22.6 Å². The Hall–Kier alpha value is -2.89. The summed E-state index contributed by atoms with van der Waals surface area (Å²) in [5, 5.41) is 0. The highest BCUT2D eigenvalue weighted by atomic mass is 19.4. The number of nitrogens with zero attached hydrogens (tertiary/aromatic N) is 1. The topological polar surface area (TPSA) is 23.4 Å². The number of methoxy groups -OCH3 is 2. The third-order valence-electron chi connectivity index (χ3n) is 5.93. The van der Waals surface area contributed by atoms with Crippen LogP contribution in [0, 0.1) is 6.92 Å². The summed E-state index contributed by atoms with van der Waals surface area (Å²) in [4.78, 5) is 0. The number of hydrogen-bond acceptors (Lipinski definition) is 2. The van der Waals surface area contributed by atoms with E-state index in [0.29, 0.717) is 23.5 Å². The fourth-order valence-electron chi connectivity index (χ4n) is 4.55. The van der Waals surface area contributed by atoms with Gasteiger partial charge in [-0.05, 0) is 60.7 Å². The Balaban J connectivity index is 1.97. The standard InChI is InChI=1S/C24H24F3NO2/c1-5-18-22(16-7-6-8-17(11-16)24(25,26)27)14(2)28-10-9-15-12-20(29-3)21(30-4)13-19(15)23(18)28/h6-8,11-13H,5,9-10H2,1-4H3. The summed E-state index contributed by atoms with van der Waals surface area (Å²) in [6.07, 6.45) is -2.84. The van der Waals surface area contributed by atoms with Crippen LogP contribution in [0.4, 0.5) is 13.2 Å². The van der Waals surface area contributed by atoms with Gasteiger partial charge in [0.25, 0.3) is 0 Å². The zero-order valence-corrected chi connectivity index (χ0v) is 17.5. The number of hydrogen-bond donors (Lipinski definition) is 0. The van der Waals surface area contributed by atoms with Crippen LogP contribution < -0.4 is 9.47 Å². The van der Waals surface area contributed by atoms with Gasteiger partial charge in [0.15, 0.2) is 11.5 Å². The van der Waals surface area contributed by atoms with Gasteiger partial charge in [-0.3, -0.25) is 0 Å². The molecule has 4 rings (SSSR count). The first-order valence-corrected chi connectivity index (χ1v) is 9.95. The third-order valence-corrected chi connectivity index (χ3v) is 5.93. The van der Waals surface area contributed by atoms with E-state index in [4.69, 9.17) is 9.47 Å². The highest BCUT2D eigenvalue weighted by molar-refractivity contribution is 5.83. The molecule has 0 amide bonds. The molecule has 0 atom stereocenters. The maximum atomic E-state index is 13.3. The molecule has 0 saturated heterocycles.